The Balaban J connectivity index is 1.87. The lowest BCUT2D eigenvalue weighted by Gasteiger charge is -2.38. The van der Waals surface area contributed by atoms with E-state index in [1.807, 2.05) is 0 Å². The Kier molecular flexibility index (Phi) is 2.90. The lowest BCUT2D eigenvalue weighted by molar-refractivity contribution is -0.384. The first-order chi connectivity index (χ1) is 9.74. The average Bonchev–Trinajstić information content (AvgIpc) is 2.71. The van der Waals surface area contributed by atoms with E-state index in [0.717, 1.165) is 12.8 Å². The number of fused-ring (bicyclic) bond motifs is 2. The molecule has 0 radical (unpaired) electrons. The van der Waals surface area contributed by atoms with Crippen LogP contribution in [-0.4, -0.2) is 16.0 Å². The maximum absolute atomic E-state index is 10.9. The molecule has 0 saturated heterocycles. The Morgan fingerprint density at radius 2 is 2.14 bits per heavy atom. The molecule has 0 aromatic carbocycles. The molecule has 2 saturated carbocycles. The molecule has 1 aromatic heterocycles. The molecule has 1 heterocycles. The van der Waals surface area contributed by atoms with Gasteiger partial charge in [0, 0.05) is 5.41 Å². The molecule has 0 aliphatic heterocycles. The average molecular weight is 291 g/mol. The Morgan fingerprint density at radius 3 is 2.67 bits per heavy atom. The normalized spacial score (nSPS) is 33.1. The lowest BCUT2D eigenvalue weighted by Crippen LogP contribution is -2.39. The van der Waals surface area contributed by atoms with Gasteiger partial charge in [-0.15, -0.1) is 0 Å². The maximum Gasteiger partial charge on any atom is 0.278 e. The Morgan fingerprint density at radius 1 is 1.43 bits per heavy atom. The van der Waals surface area contributed by atoms with Gasteiger partial charge >= 0.3 is 0 Å². The zero-order chi connectivity index (χ0) is 15.4. The summed E-state index contributed by atoms with van der Waals surface area (Å²) in [5, 5.41) is 10.9. The summed E-state index contributed by atoms with van der Waals surface area (Å²) in [5.74, 6) is 1.02. The van der Waals surface area contributed by atoms with Crippen LogP contribution in [0.5, 0.6) is 5.88 Å². The Hall–Kier alpha value is -1.85. The van der Waals surface area contributed by atoms with Gasteiger partial charge in [-0.1, -0.05) is 20.8 Å². The fourth-order valence-electron chi connectivity index (χ4n) is 4.13. The van der Waals surface area contributed by atoms with E-state index in [1.54, 1.807) is 0 Å². The van der Waals surface area contributed by atoms with Crippen molar-refractivity contribution < 1.29 is 9.66 Å². The standard InChI is InChI=1S/C15H21N3O3/c1-14(2)9-4-5-15(14,3)11(6-9)21-13-8-10(18(19)20)7-12(16)17-13/h7-9,11H,4-6H2,1-3H3,(H2,16,17). The summed E-state index contributed by atoms with van der Waals surface area (Å²) in [6, 6.07) is 2.61. The van der Waals surface area contributed by atoms with Gasteiger partial charge in [0.05, 0.1) is 17.1 Å². The van der Waals surface area contributed by atoms with Crippen molar-refractivity contribution >= 4 is 11.5 Å². The number of hydrogen-bond acceptors (Lipinski definition) is 5. The smallest absolute Gasteiger partial charge is 0.278 e. The number of nitrogens with zero attached hydrogens (tertiary/aromatic N) is 2. The number of nitrogen functional groups attached to an aromatic ring is 1. The SMILES string of the molecule is CC1(C)C2CCC1(C)C(Oc1cc([N+](=O)[O-])cc(N)n1)C2. The fourth-order valence-corrected chi connectivity index (χ4v) is 4.13. The van der Waals surface area contributed by atoms with Crippen molar-refractivity contribution in [2.75, 3.05) is 5.73 Å². The summed E-state index contributed by atoms with van der Waals surface area (Å²) in [7, 11) is 0. The summed E-state index contributed by atoms with van der Waals surface area (Å²) in [6.07, 6.45) is 3.38. The zero-order valence-corrected chi connectivity index (χ0v) is 12.6. The zero-order valence-electron chi connectivity index (χ0n) is 12.6. The molecule has 21 heavy (non-hydrogen) atoms. The predicted molar refractivity (Wildman–Crippen MR) is 78.9 cm³/mol. The van der Waals surface area contributed by atoms with Crippen molar-refractivity contribution in [2.24, 2.45) is 16.7 Å². The number of nitrogens with two attached hydrogens (primary N) is 1. The second-order valence-electron chi connectivity index (χ2n) is 7.06. The van der Waals surface area contributed by atoms with Gasteiger partial charge in [0.1, 0.15) is 11.9 Å². The van der Waals surface area contributed by atoms with E-state index in [2.05, 4.69) is 25.8 Å². The monoisotopic (exact) mass is 291 g/mol. The molecule has 0 amide bonds. The highest BCUT2D eigenvalue weighted by Crippen LogP contribution is 2.66. The Bertz CT molecular complexity index is 602. The second kappa shape index (κ2) is 4.32. The van der Waals surface area contributed by atoms with E-state index in [9.17, 15) is 10.1 Å². The highest BCUT2D eigenvalue weighted by Gasteiger charge is 2.62. The third-order valence-corrected chi connectivity index (χ3v) is 5.99. The number of nitro groups is 1. The molecule has 3 unspecified atom stereocenters. The van der Waals surface area contributed by atoms with E-state index in [4.69, 9.17) is 10.5 Å². The van der Waals surface area contributed by atoms with Gasteiger partial charge in [0.2, 0.25) is 5.88 Å². The topological polar surface area (TPSA) is 91.3 Å². The molecule has 6 nitrogen and oxygen atoms in total. The van der Waals surface area contributed by atoms with Gasteiger partial charge in [-0.25, -0.2) is 0 Å². The summed E-state index contributed by atoms with van der Waals surface area (Å²) in [4.78, 5) is 14.5. The first-order valence-electron chi connectivity index (χ1n) is 7.32. The van der Waals surface area contributed by atoms with E-state index >= 15 is 0 Å². The van der Waals surface area contributed by atoms with E-state index in [1.165, 1.54) is 18.6 Å². The van der Waals surface area contributed by atoms with Gasteiger partial charge in [-0.05, 0) is 30.6 Å². The molecule has 0 spiro atoms. The molecule has 2 bridgehead atoms. The fraction of sp³-hybridized carbons (Fsp3) is 0.667. The maximum atomic E-state index is 10.9. The van der Waals surface area contributed by atoms with Crippen LogP contribution >= 0.6 is 0 Å². The first kappa shape index (κ1) is 14.1. The van der Waals surface area contributed by atoms with Crippen LogP contribution in [0.3, 0.4) is 0 Å². The highest BCUT2D eigenvalue weighted by atomic mass is 16.6. The number of hydrogen-bond donors (Lipinski definition) is 1. The van der Waals surface area contributed by atoms with Crippen LogP contribution in [-0.2, 0) is 0 Å². The molecule has 3 atom stereocenters. The molecule has 1 aromatic rings. The van der Waals surface area contributed by atoms with Crippen LogP contribution < -0.4 is 10.5 Å². The molecule has 2 fully saturated rings. The highest BCUT2D eigenvalue weighted by molar-refractivity contribution is 5.45. The van der Waals surface area contributed by atoms with E-state index < -0.39 is 4.92 Å². The van der Waals surface area contributed by atoms with Crippen molar-refractivity contribution in [3.8, 4) is 5.88 Å². The van der Waals surface area contributed by atoms with Crippen LogP contribution in [0.25, 0.3) is 0 Å². The summed E-state index contributed by atoms with van der Waals surface area (Å²) in [5.41, 5.74) is 5.87. The molecule has 2 N–H and O–H groups in total. The predicted octanol–water partition coefficient (Wildman–Crippen LogP) is 3.17. The Labute approximate surface area is 123 Å². The minimum Gasteiger partial charge on any atom is -0.474 e. The minimum atomic E-state index is -0.475. The lowest BCUT2D eigenvalue weighted by atomic mass is 9.70. The van der Waals surface area contributed by atoms with Gasteiger partial charge in [-0.2, -0.15) is 4.98 Å². The van der Waals surface area contributed by atoms with Crippen LogP contribution in [0.1, 0.15) is 40.0 Å². The van der Waals surface area contributed by atoms with Crippen LogP contribution in [0.15, 0.2) is 12.1 Å². The molecular weight excluding hydrogens is 270 g/mol. The van der Waals surface area contributed by atoms with Crippen molar-refractivity contribution in [3.05, 3.63) is 22.2 Å². The van der Waals surface area contributed by atoms with Crippen molar-refractivity contribution in [1.82, 2.24) is 4.98 Å². The number of rotatable bonds is 3. The summed E-state index contributed by atoms with van der Waals surface area (Å²) >= 11 is 0. The van der Waals surface area contributed by atoms with Crippen LogP contribution in [0.2, 0.25) is 0 Å². The van der Waals surface area contributed by atoms with Gasteiger partial charge < -0.3 is 10.5 Å². The number of ether oxygens (including phenoxy) is 1. The van der Waals surface area contributed by atoms with Crippen LogP contribution in [0.4, 0.5) is 11.5 Å². The van der Waals surface area contributed by atoms with Crippen LogP contribution in [0, 0.1) is 26.9 Å². The molecule has 114 valence electrons. The number of anilines is 1. The number of aromatic nitrogens is 1. The van der Waals surface area contributed by atoms with Crippen molar-refractivity contribution in [3.63, 3.8) is 0 Å². The van der Waals surface area contributed by atoms with E-state index in [-0.39, 0.29) is 34.3 Å². The third kappa shape index (κ3) is 1.96. The van der Waals surface area contributed by atoms with Gasteiger partial charge in [-0.3, -0.25) is 10.1 Å². The molecule has 2 aliphatic rings. The van der Waals surface area contributed by atoms with Gasteiger partial charge in [0.25, 0.3) is 5.69 Å². The van der Waals surface area contributed by atoms with E-state index in [0.29, 0.717) is 5.92 Å². The molecule has 6 heteroatoms. The van der Waals surface area contributed by atoms with Crippen molar-refractivity contribution in [1.29, 1.82) is 0 Å². The minimum absolute atomic E-state index is 0.0418. The third-order valence-electron chi connectivity index (χ3n) is 5.99. The molecule has 2 aliphatic carbocycles. The molecule has 3 rings (SSSR count). The second-order valence-corrected chi connectivity index (χ2v) is 7.06. The number of pyridine rings is 1. The van der Waals surface area contributed by atoms with Gasteiger partial charge in [0.15, 0.2) is 0 Å². The summed E-state index contributed by atoms with van der Waals surface area (Å²) < 4.78 is 6.02. The molecular formula is C15H21N3O3. The quantitative estimate of drug-likeness (QED) is 0.682. The first-order valence-corrected chi connectivity index (χ1v) is 7.32. The van der Waals surface area contributed by atoms with Crippen molar-refractivity contribution in [2.45, 2.75) is 46.1 Å². The summed E-state index contributed by atoms with van der Waals surface area (Å²) in [6.45, 7) is 6.85. The largest absolute Gasteiger partial charge is 0.474 e.